The Morgan fingerprint density at radius 1 is 1.08 bits per heavy atom. The summed E-state index contributed by atoms with van der Waals surface area (Å²) in [5, 5.41) is 14.9. The molecule has 7 nitrogen and oxygen atoms in total. The number of tetrazole rings is 1. The predicted octanol–water partition coefficient (Wildman–Crippen LogP) is 2.84. The van der Waals surface area contributed by atoms with E-state index in [2.05, 4.69) is 20.8 Å². The van der Waals surface area contributed by atoms with Crippen LogP contribution in [0.5, 0.6) is 0 Å². The van der Waals surface area contributed by atoms with Gasteiger partial charge in [-0.2, -0.15) is 4.68 Å². The molecule has 0 aliphatic rings. The van der Waals surface area contributed by atoms with Crippen LogP contribution in [0.25, 0.3) is 5.69 Å². The summed E-state index contributed by atoms with van der Waals surface area (Å²) in [5.41, 5.74) is 2.39. The second-order valence-electron chi connectivity index (χ2n) is 5.22. The highest BCUT2D eigenvalue weighted by molar-refractivity contribution is 7.98. The topological polar surface area (TPSA) is 89.8 Å². The van der Waals surface area contributed by atoms with Gasteiger partial charge in [0.2, 0.25) is 5.16 Å². The summed E-state index contributed by atoms with van der Waals surface area (Å²) in [5.74, 6) is -0.305. The molecule has 1 amide bonds. The molecule has 0 aliphatic heterocycles. The van der Waals surface area contributed by atoms with E-state index in [1.54, 1.807) is 53.2 Å². The van der Waals surface area contributed by atoms with Gasteiger partial charge >= 0.3 is 0 Å². The number of carbonyl (C=O) groups is 2. The maximum atomic E-state index is 12.4. The molecular formula is C17H15N5O2S. The third-order valence-electron chi connectivity index (χ3n) is 3.52. The molecular weight excluding hydrogens is 338 g/mol. The highest BCUT2D eigenvalue weighted by Crippen LogP contribution is 2.17. The van der Waals surface area contributed by atoms with E-state index in [0.29, 0.717) is 22.0 Å². The zero-order valence-corrected chi connectivity index (χ0v) is 14.4. The van der Waals surface area contributed by atoms with Gasteiger partial charge in [-0.15, -0.1) is 5.10 Å². The van der Waals surface area contributed by atoms with E-state index in [9.17, 15) is 9.59 Å². The molecule has 126 valence electrons. The van der Waals surface area contributed by atoms with Crippen LogP contribution in [0, 0.1) is 0 Å². The van der Waals surface area contributed by atoms with E-state index < -0.39 is 0 Å². The second kappa shape index (κ2) is 7.27. The quantitative estimate of drug-likeness (QED) is 0.560. The van der Waals surface area contributed by atoms with E-state index in [1.165, 1.54) is 18.7 Å². The van der Waals surface area contributed by atoms with Gasteiger partial charge in [-0.1, -0.05) is 23.9 Å². The van der Waals surface area contributed by atoms with Crippen LogP contribution in [0.1, 0.15) is 27.6 Å². The number of hydrogen-bond donors (Lipinski definition) is 1. The fourth-order valence-corrected chi connectivity index (χ4v) is 2.67. The number of hydrogen-bond acceptors (Lipinski definition) is 6. The number of nitrogens with zero attached hydrogens (tertiary/aromatic N) is 4. The number of ketones is 1. The van der Waals surface area contributed by atoms with Gasteiger partial charge < -0.3 is 5.32 Å². The minimum Gasteiger partial charge on any atom is -0.322 e. The van der Waals surface area contributed by atoms with Crippen LogP contribution in [0.15, 0.2) is 53.7 Å². The first-order valence-corrected chi connectivity index (χ1v) is 8.66. The smallest absolute Gasteiger partial charge is 0.255 e. The molecule has 0 aliphatic carbocycles. The zero-order chi connectivity index (χ0) is 17.8. The summed E-state index contributed by atoms with van der Waals surface area (Å²) < 4.78 is 1.60. The van der Waals surface area contributed by atoms with Crippen LogP contribution in [0.2, 0.25) is 0 Å². The molecule has 25 heavy (non-hydrogen) atoms. The summed E-state index contributed by atoms with van der Waals surface area (Å²) in [4.78, 5) is 23.8. The number of aromatic nitrogens is 4. The molecule has 2 aromatic carbocycles. The Kier molecular flexibility index (Phi) is 4.90. The van der Waals surface area contributed by atoms with Crippen LogP contribution < -0.4 is 5.32 Å². The van der Waals surface area contributed by atoms with Crippen molar-refractivity contribution >= 4 is 29.1 Å². The van der Waals surface area contributed by atoms with Crippen molar-refractivity contribution in [3.05, 3.63) is 59.7 Å². The number of thioether (sulfide) groups is 1. The third kappa shape index (κ3) is 3.74. The number of benzene rings is 2. The van der Waals surface area contributed by atoms with Gasteiger partial charge in [0.1, 0.15) is 0 Å². The largest absolute Gasteiger partial charge is 0.322 e. The normalized spacial score (nSPS) is 10.5. The van der Waals surface area contributed by atoms with Crippen LogP contribution in [-0.2, 0) is 0 Å². The number of anilines is 1. The van der Waals surface area contributed by atoms with Crippen LogP contribution in [0.4, 0.5) is 5.69 Å². The van der Waals surface area contributed by atoms with Crippen molar-refractivity contribution < 1.29 is 9.59 Å². The number of amides is 1. The van der Waals surface area contributed by atoms with E-state index in [-0.39, 0.29) is 11.7 Å². The molecule has 0 fully saturated rings. The first-order chi connectivity index (χ1) is 12.1. The standard InChI is InChI=1S/C17H15N5O2S/c1-11(23)13-4-3-5-14(10-13)18-16(24)12-6-8-15(9-7-12)22-17(25-2)19-20-21-22/h3-10H,1-2H3,(H,18,24). The maximum absolute atomic E-state index is 12.4. The van der Waals surface area contributed by atoms with Gasteiger partial charge in [-0.05, 0) is 60.0 Å². The van der Waals surface area contributed by atoms with Crippen molar-refractivity contribution in [2.45, 2.75) is 12.1 Å². The zero-order valence-electron chi connectivity index (χ0n) is 13.6. The first kappa shape index (κ1) is 16.8. The van der Waals surface area contributed by atoms with E-state index in [0.717, 1.165) is 5.69 Å². The lowest BCUT2D eigenvalue weighted by Gasteiger charge is -2.07. The number of nitrogens with one attached hydrogen (secondary N) is 1. The lowest BCUT2D eigenvalue weighted by Crippen LogP contribution is -2.12. The minimum atomic E-state index is -0.256. The van der Waals surface area contributed by atoms with Crippen molar-refractivity contribution in [3.63, 3.8) is 0 Å². The van der Waals surface area contributed by atoms with Crippen LogP contribution in [0.3, 0.4) is 0 Å². The Bertz CT molecular complexity index is 921. The Hall–Kier alpha value is -3.00. The fourth-order valence-electron chi connectivity index (χ4n) is 2.24. The molecule has 3 rings (SSSR count). The second-order valence-corrected chi connectivity index (χ2v) is 5.99. The molecule has 0 radical (unpaired) electrons. The van der Waals surface area contributed by atoms with Crippen LogP contribution in [-0.4, -0.2) is 38.2 Å². The summed E-state index contributed by atoms with van der Waals surface area (Å²) in [6.45, 7) is 1.49. The Balaban J connectivity index is 1.77. The van der Waals surface area contributed by atoms with Crippen molar-refractivity contribution in [2.75, 3.05) is 11.6 Å². The number of rotatable bonds is 5. The maximum Gasteiger partial charge on any atom is 0.255 e. The molecule has 8 heteroatoms. The van der Waals surface area contributed by atoms with Gasteiger partial charge in [0.05, 0.1) is 5.69 Å². The molecule has 1 N–H and O–H groups in total. The molecule has 0 unspecified atom stereocenters. The monoisotopic (exact) mass is 353 g/mol. The van der Waals surface area contributed by atoms with Crippen molar-refractivity contribution in [1.82, 2.24) is 20.2 Å². The van der Waals surface area contributed by atoms with E-state index in [4.69, 9.17) is 0 Å². The summed E-state index contributed by atoms with van der Waals surface area (Å²) in [6, 6.07) is 13.8. The average Bonchev–Trinajstić information content (AvgIpc) is 3.10. The van der Waals surface area contributed by atoms with Gasteiger partial charge in [0, 0.05) is 16.8 Å². The molecule has 3 aromatic rings. The Morgan fingerprint density at radius 2 is 1.84 bits per heavy atom. The summed E-state index contributed by atoms with van der Waals surface area (Å²) in [6.07, 6.45) is 1.89. The highest BCUT2D eigenvalue weighted by Gasteiger charge is 2.10. The van der Waals surface area contributed by atoms with Crippen molar-refractivity contribution in [2.24, 2.45) is 0 Å². The van der Waals surface area contributed by atoms with E-state index >= 15 is 0 Å². The SMILES string of the molecule is CSc1nnnn1-c1ccc(C(=O)Nc2cccc(C(C)=O)c2)cc1. The van der Waals surface area contributed by atoms with Gasteiger partial charge in [0.15, 0.2) is 5.78 Å². The molecule has 0 bridgehead atoms. The van der Waals surface area contributed by atoms with Gasteiger partial charge in [-0.3, -0.25) is 9.59 Å². The molecule has 0 atom stereocenters. The lowest BCUT2D eigenvalue weighted by atomic mass is 10.1. The summed E-state index contributed by atoms with van der Waals surface area (Å²) >= 11 is 1.43. The van der Waals surface area contributed by atoms with Gasteiger partial charge in [-0.25, -0.2) is 0 Å². The first-order valence-electron chi connectivity index (χ1n) is 7.43. The van der Waals surface area contributed by atoms with Crippen molar-refractivity contribution in [1.29, 1.82) is 0 Å². The minimum absolute atomic E-state index is 0.0495. The third-order valence-corrected chi connectivity index (χ3v) is 4.14. The molecule has 0 saturated heterocycles. The van der Waals surface area contributed by atoms with Gasteiger partial charge in [0.25, 0.3) is 5.91 Å². The highest BCUT2D eigenvalue weighted by atomic mass is 32.2. The van der Waals surface area contributed by atoms with Crippen molar-refractivity contribution in [3.8, 4) is 5.69 Å². The Labute approximate surface area is 148 Å². The summed E-state index contributed by atoms with van der Waals surface area (Å²) in [7, 11) is 0. The molecule has 0 saturated carbocycles. The fraction of sp³-hybridized carbons (Fsp3) is 0.118. The van der Waals surface area contributed by atoms with E-state index in [1.807, 2.05) is 6.26 Å². The number of Topliss-reactive ketones (excluding diaryl/α,β-unsaturated/α-hetero) is 1. The predicted molar refractivity (Wildman–Crippen MR) is 95.3 cm³/mol. The molecule has 1 aromatic heterocycles. The number of carbonyl (C=O) groups excluding carboxylic acids is 2. The Morgan fingerprint density at radius 3 is 2.52 bits per heavy atom. The molecule has 1 heterocycles. The average molecular weight is 353 g/mol. The molecule has 0 spiro atoms. The van der Waals surface area contributed by atoms with Crippen LogP contribution >= 0.6 is 11.8 Å². The lowest BCUT2D eigenvalue weighted by molar-refractivity contribution is 0.101.